The molecule has 0 amide bonds. The first-order valence-corrected chi connectivity index (χ1v) is 6.14. The van der Waals surface area contributed by atoms with E-state index in [1.165, 1.54) is 38.9 Å². The molecule has 0 bridgehead atoms. The fraction of sp³-hybridized carbons (Fsp3) is 1.00. The zero-order valence-corrected chi connectivity index (χ0v) is 9.58. The summed E-state index contributed by atoms with van der Waals surface area (Å²) in [6, 6.07) is 0.487. The molecule has 2 heteroatoms. The van der Waals surface area contributed by atoms with Crippen LogP contribution in [0.2, 0.25) is 0 Å². The molecule has 2 N–H and O–H groups in total. The molecule has 0 aromatic heterocycles. The number of nitrogens with two attached hydrogens (primary N) is 1. The molecule has 2 nitrogen and oxygen atoms in total. The van der Waals surface area contributed by atoms with Crippen LogP contribution in [0.4, 0.5) is 0 Å². The van der Waals surface area contributed by atoms with E-state index in [9.17, 15) is 0 Å². The van der Waals surface area contributed by atoms with E-state index >= 15 is 0 Å². The molecule has 1 aliphatic heterocycles. The maximum absolute atomic E-state index is 6.10. The largest absolute Gasteiger partial charge is 0.327 e. The molecule has 0 spiro atoms. The third-order valence-electron chi connectivity index (χ3n) is 4.27. The van der Waals surface area contributed by atoms with Gasteiger partial charge in [-0.1, -0.05) is 20.3 Å². The molecule has 0 aromatic rings. The van der Waals surface area contributed by atoms with Crippen molar-refractivity contribution in [2.45, 2.75) is 39.2 Å². The van der Waals surface area contributed by atoms with E-state index < -0.39 is 0 Å². The minimum Gasteiger partial charge on any atom is -0.327 e. The lowest BCUT2D eigenvalue weighted by Gasteiger charge is -2.23. The van der Waals surface area contributed by atoms with Crippen molar-refractivity contribution in [2.75, 3.05) is 19.6 Å². The van der Waals surface area contributed by atoms with E-state index in [4.69, 9.17) is 5.73 Å². The maximum Gasteiger partial charge on any atom is 0.00793 e. The van der Waals surface area contributed by atoms with Gasteiger partial charge in [0.25, 0.3) is 0 Å². The van der Waals surface area contributed by atoms with Crippen LogP contribution in [0.1, 0.15) is 33.1 Å². The van der Waals surface area contributed by atoms with Crippen molar-refractivity contribution in [3.05, 3.63) is 0 Å². The molecule has 4 atom stereocenters. The Morgan fingerprint density at radius 2 is 1.79 bits per heavy atom. The van der Waals surface area contributed by atoms with Gasteiger partial charge in [-0.3, -0.25) is 0 Å². The van der Waals surface area contributed by atoms with E-state index in [0.717, 1.165) is 17.8 Å². The topological polar surface area (TPSA) is 29.3 Å². The minimum absolute atomic E-state index is 0.487. The Balaban J connectivity index is 1.81. The highest BCUT2D eigenvalue weighted by molar-refractivity contribution is 4.86. The van der Waals surface area contributed by atoms with Crippen LogP contribution in [0.5, 0.6) is 0 Å². The van der Waals surface area contributed by atoms with Gasteiger partial charge in [-0.2, -0.15) is 0 Å². The zero-order chi connectivity index (χ0) is 10.1. The van der Waals surface area contributed by atoms with Gasteiger partial charge >= 0.3 is 0 Å². The molecule has 2 rings (SSSR count). The van der Waals surface area contributed by atoms with E-state index in [-0.39, 0.29) is 0 Å². The van der Waals surface area contributed by atoms with Gasteiger partial charge in [0.15, 0.2) is 0 Å². The summed E-state index contributed by atoms with van der Waals surface area (Å²) >= 11 is 0. The van der Waals surface area contributed by atoms with E-state index in [1.807, 2.05) is 0 Å². The summed E-state index contributed by atoms with van der Waals surface area (Å²) in [6.07, 6.45) is 3.97. The Bertz CT molecular complexity index is 183. The molecule has 0 aromatic carbocycles. The van der Waals surface area contributed by atoms with Crippen molar-refractivity contribution < 1.29 is 0 Å². The highest BCUT2D eigenvalue weighted by Crippen LogP contribution is 2.28. The van der Waals surface area contributed by atoms with Crippen LogP contribution in [-0.4, -0.2) is 30.6 Å². The van der Waals surface area contributed by atoms with Crippen LogP contribution in [0.25, 0.3) is 0 Å². The Labute approximate surface area is 87.8 Å². The number of rotatable bonds is 2. The lowest BCUT2D eigenvalue weighted by atomic mass is 10.0. The van der Waals surface area contributed by atoms with Gasteiger partial charge in [0.1, 0.15) is 0 Å². The highest BCUT2D eigenvalue weighted by Gasteiger charge is 2.31. The molecule has 1 aliphatic carbocycles. The second kappa shape index (κ2) is 4.19. The third-order valence-corrected chi connectivity index (χ3v) is 4.27. The Morgan fingerprint density at radius 3 is 2.29 bits per heavy atom. The second-order valence-corrected chi connectivity index (χ2v) is 5.53. The number of hydrogen-bond donors (Lipinski definition) is 1. The van der Waals surface area contributed by atoms with Crippen LogP contribution in [0.15, 0.2) is 0 Å². The first-order valence-electron chi connectivity index (χ1n) is 6.14. The lowest BCUT2D eigenvalue weighted by molar-refractivity contribution is 0.257. The molecule has 1 saturated heterocycles. The summed E-state index contributed by atoms with van der Waals surface area (Å²) in [5.41, 5.74) is 6.10. The van der Waals surface area contributed by atoms with Gasteiger partial charge in [0.2, 0.25) is 0 Å². The van der Waals surface area contributed by atoms with Crippen LogP contribution >= 0.6 is 0 Å². The second-order valence-electron chi connectivity index (χ2n) is 5.53. The third kappa shape index (κ3) is 2.12. The van der Waals surface area contributed by atoms with Crippen molar-refractivity contribution in [3.63, 3.8) is 0 Å². The van der Waals surface area contributed by atoms with Gasteiger partial charge in [-0.25, -0.2) is 0 Å². The Hall–Kier alpha value is -0.0800. The molecule has 14 heavy (non-hydrogen) atoms. The summed E-state index contributed by atoms with van der Waals surface area (Å²) in [5.74, 6) is 2.55. The molecule has 1 saturated carbocycles. The molecule has 82 valence electrons. The fourth-order valence-electron chi connectivity index (χ4n) is 3.02. The summed E-state index contributed by atoms with van der Waals surface area (Å²) in [6.45, 7) is 8.60. The first kappa shape index (κ1) is 10.4. The van der Waals surface area contributed by atoms with Gasteiger partial charge in [0, 0.05) is 25.7 Å². The number of likely N-dealkylation sites (tertiary alicyclic amines) is 1. The monoisotopic (exact) mass is 196 g/mol. The smallest absolute Gasteiger partial charge is 0.00793 e. The normalized spacial score (nSPS) is 44.8. The fourth-order valence-corrected chi connectivity index (χ4v) is 3.02. The van der Waals surface area contributed by atoms with Gasteiger partial charge in [-0.15, -0.1) is 0 Å². The van der Waals surface area contributed by atoms with Crippen LogP contribution in [0.3, 0.4) is 0 Å². The van der Waals surface area contributed by atoms with Crippen molar-refractivity contribution in [3.8, 4) is 0 Å². The van der Waals surface area contributed by atoms with Crippen molar-refractivity contribution >= 4 is 0 Å². The molecular formula is C12H24N2. The molecule has 0 radical (unpaired) electrons. The SMILES string of the molecule is CC1CN(C[C@@H]2CCC[C@@H]2N)CC1C. The van der Waals surface area contributed by atoms with E-state index in [1.54, 1.807) is 0 Å². The number of nitrogens with zero attached hydrogens (tertiary/aromatic N) is 1. The lowest BCUT2D eigenvalue weighted by Crippen LogP contribution is -2.35. The standard InChI is InChI=1S/C12H24N2/c1-9-6-14(7-10(9)2)8-11-4-3-5-12(11)13/h9-12H,3-8,13H2,1-2H3/t9?,10?,11-,12-/m0/s1. The van der Waals surface area contributed by atoms with Crippen molar-refractivity contribution in [1.82, 2.24) is 4.90 Å². The highest BCUT2D eigenvalue weighted by atomic mass is 15.2. The predicted molar refractivity (Wildman–Crippen MR) is 60.1 cm³/mol. The first-order chi connectivity index (χ1) is 6.66. The van der Waals surface area contributed by atoms with Crippen molar-refractivity contribution in [2.24, 2.45) is 23.5 Å². The summed E-state index contributed by atoms with van der Waals surface area (Å²) < 4.78 is 0. The Kier molecular flexibility index (Phi) is 3.13. The van der Waals surface area contributed by atoms with Crippen LogP contribution in [-0.2, 0) is 0 Å². The van der Waals surface area contributed by atoms with Gasteiger partial charge < -0.3 is 10.6 Å². The average molecular weight is 196 g/mol. The van der Waals surface area contributed by atoms with Gasteiger partial charge in [0.05, 0.1) is 0 Å². The predicted octanol–water partition coefficient (Wildman–Crippen LogP) is 1.70. The summed E-state index contributed by atoms with van der Waals surface area (Å²) in [4.78, 5) is 2.63. The zero-order valence-electron chi connectivity index (χ0n) is 9.58. The average Bonchev–Trinajstić information content (AvgIpc) is 2.63. The number of hydrogen-bond acceptors (Lipinski definition) is 2. The van der Waals surface area contributed by atoms with E-state index in [0.29, 0.717) is 6.04 Å². The van der Waals surface area contributed by atoms with Gasteiger partial charge in [-0.05, 0) is 30.6 Å². The quantitative estimate of drug-likeness (QED) is 0.728. The summed E-state index contributed by atoms with van der Waals surface area (Å²) in [7, 11) is 0. The molecule has 2 unspecified atom stereocenters. The summed E-state index contributed by atoms with van der Waals surface area (Å²) in [5, 5.41) is 0. The minimum atomic E-state index is 0.487. The van der Waals surface area contributed by atoms with Crippen molar-refractivity contribution in [1.29, 1.82) is 0 Å². The maximum atomic E-state index is 6.10. The van der Waals surface area contributed by atoms with Crippen LogP contribution < -0.4 is 5.73 Å². The Morgan fingerprint density at radius 1 is 1.14 bits per heavy atom. The molecule has 1 heterocycles. The van der Waals surface area contributed by atoms with Crippen LogP contribution in [0, 0.1) is 17.8 Å². The molecular weight excluding hydrogens is 172 g/mol. The molecule has 2 aliphatic rings. The molecule has 2 fully saturated rings. The van der Waals surface area contributed by atoms with E-state index in [2.05, 4.69) is 18.7 Å².